The zero-order valence-corrected chi connectivity index (χ0v) is 11.6. The lowest BCUT2D eigenvalue weighted by molar-refractivity contribution is 0.373. The monoisotopic (exact) mass is 292 g/mol. The van der Waals surface area contributed by atoms with Crippen molar-refractivity contribution in [3.05, 3.63) is 44.6 Å². The molecule has 1 aromatic heterocycles. The lowest BCUT2D eigenvalue weighted by atomic mass is 10.2. The maximum atomic E-state index is 11.8. The Morgan fingerprint density at radius 1 is 1.55 bits per heavy atom. The topological polar surface area (TPSA) is 92.5 Å². The Morgan fingerprint density at radius 2 is 2.30 bits per heavy atom. The average Bonchev–Trinajstić information content (AvgIpc) is 2.43. The predicted octanol–water partition coefficient (Wildman–Crippen LogP) is 1.21. The normalized spacial score (nSPS) is 10.9. The second kappa shape index (κ2) is 5.66. The molecule has 0 aliphatic carbocycles. The number of nitrogens with zero attached hydrogens (tertiary/aromatic N) is 3. The highest BCUT2D eigenvalue weighted by Gasteiger charge is 2.03. The number of hydrogen-bond donors (Lipinski definition) is 2. The third-order valence-electron chi connectivity index (χ3n) is 2.54. The Labute approximate surface area is 119 Å². The van der Waals surface area contributed by atoms with Gasteiger partial charge in [0.15, 0.2) is 11.5 Å². The van der Waals surface area contributed by atoms with Gasteiger partial charge in [-0.3, -0.25) is 9.89 Å². The molecule has 2 N–H and O–H groups in total. The maximum absolute atomic E-state index is 11.8. The van der Waals surface area contributed by atoms with Crippen LogP contribution in [0.5, 0.6) is 11.5 Å². The van der Waals surface area contributed by atoms with Crippen molar-refractivity contribution in [2.75, 3.05) is 7.11 Å². The molecule has 0 saturated heterocycles. The molecular formula is C12H12N4O3S. The molecule has 0 aliphatic heterocycles. The van der Waals surface area contributed by atoms with Crippen LogP contribution in [-0.2, 0) is 0 Å². The minimum Gasteiger partial charge on any atom is -0.504 e. The summed E-state index contributed by atoms with van der Waals surface area (Å²) < 4.78 is 6.06. The molecule has 1 heterocycles. The van der Waals surface area contributed by atoms with Crippen LogP contribution in [0.4, 0.5) is 0 Å². The van der Waals surface area contributed by atoms with Gasteiger partial charge in [0.1, 0.15) is 5.69 Å². The van der Waals surface area contributed by atoms with Gasteiger partial charge in [0.05, 0.1) is 13.3 Å². The van der Waals surface area contributed by atoms with Crippen LogP contribution in [-0.4, -0.2) is 33.3 Å². The number of aromatic hydroxyl groups is 1. The van der Waals surface area contributed by atoms with Crippen LogP contribution in [0.25, 0.3) is 0 Å². The summed E-state index contributed by atoms with van der Waals surface area (Å²) in [5.41, 5.74) is 0.454. The number of aromatic nitrogens is 3. The van der Waals surface area contributed by atoms with Crippen LogP contribution in [0.1, 0.15) is 11.3 Å². The first-order chi connectivity index (χ1) is 9.52. The maximum Gasteiger partial charge on any atom is 0.296 e. The van der Waals surface area contributed by atoms with Gasteiger partial charge in [-0.1, -0.05) is 0 Å². The highest BCUT2D eigenvalue weighted by atomic mass is 32.1. The standard InChI is InChI=1S/C12H12N4O3S/c1-7-11(18)16(12(20)15-14-7)13-6-8-3-4-10(19-2)9(17)5-8/h3-6,17H,1-2H3,(H,15,20)/b13-6+. The molecule has 0 saturated carbocycles. The number of ether oxygens (including phenoxy) is 1. The minimum absolute atomic E-state index is 0.0140. The molecule has 0 unspecified atom stereocenters. The highest BCUT2D eigenvalue weighted by Crippen LogP contribution is 2.25. The minimum atomic E-state index is -0.400. The van der Waals surface area contributed by atoms with Gasteiger partial charge in [-0.2, -0.15) is 14.9 Å². The number of benzene rings is 1. The third-order valence-corrected chi connectivity index (χ3v) is 2.80. The van der Waals surface area contributed by atoms with E-state index in [1.54, 1.807) is 19.1 Å². The van der Waals surface area contributed by atoms with Crippen molar-refractivity contribution < 1.29 is 9.84 Å². The lowest BCUT2D eigenvalue weighted by Crippen LogP contribution is -2.22. The summed E-state index contributed by atoms with van der Waals surface area (Å²) in [7, 11) is 1.46. The third kappa shape index (κ3) is 2.75. The van der Waals surface area contributed by atoms with Crippen LogP contribution >= 0.6 is 12.2 Å². The Morgan fingerprint density at radius 3 is 2.95 bits per heavy atom. The van der Waals surface area contributed by atoms with E-state index in [2.05, 4.69) is 15.3 Å². The number of rotatable bonds is 3. The molecular weight excluding hydrogens is 280 g/mol. The van der Waals surface area contributed by atoms with Gasteiger partial charge in [0, 0.05) is 0 Å². The van der Waals surface area contributed by atoms with E-state index in [1.807, 2.05) is 0 Å². The van der Waals surface area contributed by atoms with Gasteiger partial charge in [-0.25, -0.2) is 0 Å². The molecule has 1 aromatic carbocycles. The fraction of sp³-hybridized carbons (Fsp3) is 0.167. The summed E-state index contributed by atoms with van der Waals surface area (Å²) in [5, 5.41) is 19.9. The van der Waals surface area contributed by atoms with Crippen molar-refractivity contribution >= 4 is 18.4 Å². The molecule has 0 radical (unpaired) electrons. The van der Waals surface area contributed by atoms with Gasteiger partial charge in [0.2, 0.25) is 4.77 Å². The second-order valence-corrected chi connectivity index (χ2v) is 4.29. The molecule has 20 heavy (non-hydrogen) atoms. The first kappa shape index (κ1) is 13.9. The van der Waals surface area contributed by atoms with E-state index in [9.17, 15) is 9.90 Å². The summed E-state index contributed by atoms with van der Waals surface area (Å²) in [4.78, 5) is 11.8. The number of phenols is 1. The number of H-pyrrole nitrogens is 1. The Kier molecular flexibility index (Phi) is 3.94. The summed E-state index contributed by atoms with van der Waals surface area (Å²) in [5.74, 6) is 0.344. The molecule has 0 fully saturated rings. The molecule has 7 nitrogen and oxygen atoms in total. The van der Waals surface area contributed by atoms with Crippen molar-refractivity contribution in [1.82, 2.24) is 14.9 Å². The van der Waals surface area contributed by atoms with Crippen molar-refractivity contribution in [2.24, 2.45) is 5.10 Å². The Bertz CT molecular complexity index is 779. The van der Waals surface area contributed by atoms with Crippen molar-refractivity contribution in [3.63, 3.8) is 0 Å². The summed E-state index contributed by atoms with van der Waals surface area (Å²) in [6, 6.07) is 4.75. The molecule has 0 spiro atoms. The summed E-state index contributed by atoms with van der Waals surface area (Å²) >= 11 is 4.94. The van der Waals surface area contributed by atoms with E-state index >= 15 is 0 Å². The predicted molar refractivity (Wildman–Crippen MR) is 76.1 cm³/mol. The summed E-state index contributed by atoms with van der Waals surface area (Å²) in [6.45, 7) is 1.55. The van der Waals surface area contributed by atoms with Crippen molar-refractivity contribution in [2.45, 2.75) is 6.92 Å². The van der Waals surface area contributed by atoms with Crippen LogP contribution in [0.2, 0.25) is 0 Å². The van der Waals surface area contributed by atoms with Gasteiger partial charge >= 0.3 is 0 Å². The van der Waals surface area contributed by atoms with Crippen LogP contribution in [0, 0.1) is 11.7 Å². The number of phenolic OH excluding ortho intramolecular Hbond substituents is 1. The fourth-order valence-corrected chi connectivity index (χ4v) is 1.66. The van der Waals surface area contributed by atoms with Crippen LogP contribution < -0.4 is 10.3 Å². The van der Waals surface area contributed by atoms with Crippen molar-refractivity contribution in [1.29, 1.82) is 0 Å². The second-order valence-electron chi connectivity index (χ2n) is 3.91. The molecule has 0 amide bonds. The van der Waals surface area contributed by atoms with Gasteiger partial charge in [0.25, 0.3) is 5.56 Å². The summed E-state index contributed by atoms with van der Waals surface area (Å²) in [6.07, 6.45) is 1.41. The number of aryl methyl sites for hydroxylation is 1. The highest BCUT2D eigenvalue weighted by molar-refractivity contribution is 7.71. The molecule has 8 heteroatoms. The fourth-order valence-electron chi connectivity index (χ4n) is 1.49. The van der Waals surface area contributed by atoms with E-state index < -0.39 is 5.56 Å². The average molecular weight is 292 g/mol. The van der Waals surface area contributed by atoms with E-state index in [4.69, 9.17) is 17.0 Å². The van der Waals surface area contributed by atoms with Crippen molar-refractivity contribution in [3.8, 4) is 11.5 Å². The zero-order valence-electron chi connectivity index (χ0n) is 10.8. The zero-order chi connectivity index (χ0) is 14.7. The molecule has 104 valence electrons. The number of methoxy groups -OCH3 is 1. The van der Waals surface area contributed by atoms with Gasteiger partial charge < -0.3 is 9.84 Å². The lowest BCUT2D eigenvalue weighted by Gasteiger charge is -2.03. The van der Waals surface area contributed by atoms with E-state index in [1.165, 1.54) is 19.4 Å². The molecule has 2 rings (SSSR count). The van der Waals surface area contributed by atoms with Gasteiger partial charge in [-0.05, 0) is 42.9 Å². The SMILES string of the molecule is COc1ccc(/C=N/n2c(=S)[nH]nc(C)c2=O)cc1O. The first-order valence-corrected chi connectivity index (χ1v) is 6.03. The largest absolute Gasteiger partial charge is 0.504 e. The molecule has 0 aliphatic rings. The first-order valence-electron chi connectivity index (χ1n) is 5.62. The molecule has 2 aromatic rings. The van der Waals surface area contributed by atoms with Gasteiger partial charge in [-0.15, -0.1) is 0 Å². The van der Waals surface area contributed by atoms with E-state index in [-0.39, 0.29) is 16.2 Å². The number of nitrogens with one attached hydrogen (secondary N) is 1. The van der Waals surface area contributed by atoms with E-state index in [0.717, 1.165) is 4.68 Å². The van der Waals surface area contributed by atoms with Crippen LogP contribution in [0.15, 0.2) is 28.1 Å². The number of hydrogen-bond acceptors (Lipinski definition) is 6. The Balaban J connectivity index is 2.40. The number of aromatic amines is 1. The van der Waals surface area contributed by atoms with E-state index in [0.29, 0.717) is 11.3 Å². The van der Waals surface area contributed by atoms with Crippen LogP contribution in [0.3, 0.4) is 0 Å². The Hall–Kier alpha value is -2.48. The molecule has 0 atom stereocenters. The smallest absolute Gasteiger partial charge is 0.296 e. The molecule has 0 bridgehead atoms. The quantitative estimate of drug-likeness (QED) is 0.655.